The van der Waals surface area contributed by atoms with Crippen molar-refractivity contribution in [1.82, 2.24) is 10.3 Å². The number of nitrogens with zero attached hydrogens (tertiary/aromatic N) is 2. The predicted molar refractivity (Wildman–Crippen MR) is 78.2 cm³/mol. The molecule has 1 aromatic heterocycles. The van der Waals surface area contributed by atoms with E-state index in [1.165, 1.54) is 6.07 Å². The summed E-state index contributed by atoms with van der Waals surface area (Å²) in [4.78, 5) is 14.9. The van der Waals surface area contributed by atoms with Crippen LogP contribution in [0.25, 0.3) is 0 Å². The smallest absolute Gasteiger partial charge is 0.275 e. The highest BCUT2D eigenvalue weighted by Crippen LogP contribution is 2.23. The van der Waals surface area contributed by atoms with Gasteiger partial charge in [-0.1, -0.05) is 15.9 Å². The van der Waals surface area contributed by atoms with Crippen molar-refractivity contribution in [2.45, 2.75) is 20.0 Å². The molecule has 0 bridgehead atoms. The van der Waals surface area contributed by atoms with Crippen LogP contribution in [-0.2, 0) is 13.1 Å². The minimum Gasteiger partial charge on any atom is -0.307 e. The van der Waals surface area contributed by atoms with Gasteiger partial charge in [-0.2, -0.15) is 0 Å². The Kier molecular flexibility index (Phi) is 4.62. The number of halogens is 1. The number of nitro groups is 1. The first-order chi connectivity index (χ1) is 9.06. The Morgan fingerprint density at radius 3 is 2.89 bits per heavy atom. The van der Waals surface area contributed by atoms with Crippen molar-refractivity contribution < 1.29 is 4.92 Å². The molecule has 1 heterocycles. The fourth-order valence-electron chi connectivity index (χ4n) is 1.67. The van der Waals surface area contributed by atoms with E-state index in [0.717, 1.165) is 10.7 Å². The van der Waals surface area contributed by atoms with Gasteiger partial charge in [-0.15, -0.1) is 11.3 Å². The maximum atomic E-state index is 11.0. The first kappa shape index (κ1) is 14.1. The van der Waals surface area contributed by atoms with Gasteiger partial charge in [-0.25, -0.2) is 4.98 Å². The molecule has 0 spiro atoms. The van der Waals surface area contributed by atoms with Crippen LogP contribution in [0.15, 0.2) is 28.1 Å². The van der Waals surface area contributed by atoms with Crippen molar-refractivity contribution >= 4 is 33.0 Å². The van der Waals surface area contributed by atoms with Gasteiger partial charge in [0.2, 0.25) is 0 Å². The van der Waals surface area contributed by atoms with Crippen molar-refractivity contribution in [3.63, 3.8) is 0 Å². The maximum Gasteiger partial charge on any atom is 0.275 e. The number of hydrogen-bond donors (Lipinski definition) is 1. The number of thiazole rings is 1. The average molecular weight is 342 g/mol. The molecule has 0 amide bonds. The lowest BCUT2D eigenvalue weighted by Gasteiger charge is -2.04. The second-order valence-electron chi connectivity index (χ2n) is 3.99. The topological polar surface area (TPSA) is 68.1 Å². The first-order valence-electron chi connectivity index (χ1n) is 5.61. The molecular weight excluding hydrogens is 330 g/mol. The van der Waals surface area contributed by atoms with Crippen LogP contribution in [0, 0.1) is 17.0 Å². The van der Waals surface area contributed by atoms with Crippen LogP contribution >= 0.6 is 27.3 Å². The molecule has 100 valence electrons. The van der Waals surface area contributed by atoms with E-state index in [1.54, 1.807) is 23.5 Å². The summed E-state index contributed by atoms with van der Waals surface area (Å²) in [5, 5.41) is 17.1. The second-order valence-corrected chi connectivity index (χ2v) is 5.97. The lowest BCUT2D eigenvalue weighted by molar-refractivity contribution is -0.385. The van der Waals surface area contributed by atoms with Gasteiger partial charge in [0.15, 0.2) is 0 Å². The Morgan fingerprint density at radius 1 is 1.47 bits per heavy atom. The van der Waals surface area contributed by atoms with E-state index in [2.05, 4.69) is 26.2 Å². The van der Waals surface area contributed by atoms with Gasteiger partial charge >= 0.3 is 0 Å². The number of benzene rings is 1. The molecule has 0 radical (unpaired) electrons. The molecule has 0 aliphatic rings. The molecule has 7 heteroatoms. The summed E-state index contributed by atoms with van der Waals surface area (Å²) < 4.78 is 0.707. The van der Waals surface area contributed by atoms with Crippen LogP contribution in [0.4, 0.5) is 5.69 Å². The van der Waals surface area contributed by atoms with Crippen LogP contribution in [0.2, 0.25) is 0 Å². The summed E-state index contributed by atoms with van der Waals surface area (Å²) in [6, 6.07) is 5.07. The minimum atomic E-state index is -0.366. The number of rotatable bonds is 5. The fraction of sp³-hybridized carbons (Fsp3) is 0.250. The zero-order valence-corrected chi connectivity index (χ0v) is 12.6. The summed E-state index contributed by atoms with van der Waals surface area (Å²) in [6.07, 6.45) is 0. The van der Waals surface area contributed by atoms with Crippen LogP contribution in [0.1, 0.15) is 16.3 Å². The Balaban J connectivity index is 2.01. The van der Waals surface area contributed by atoms with Gasteiger partial charge in [0.1, 0.15) is 0 Å². The maximum absolute atomic E-state index is 11.0. The molecule has 0 saturated heterocycles. The highest BCUT2D eigenvalue weighted by molar-refractivity contribution is 9.10. The van der Waals surface area contributed by atoms with Crippen LogP contribution in [0.5, 0.6) is 0 Å². The number of nitro benzene ring substituents is 1. The molecule has 0 saturated carbocycles. The molecule has 19 heavy (non-hydrogen) atoms. The molecule has 0 aliphatic heterocycles. The molecule has 1 aromatic carbocycles. The highest BCUT2D eigenvalue weighted by atomic mass is 79.9. The van der Waals surface area contributed by atoms with Gasteiger partial charge in [0.25, 0.3) is 5.69 Å². The highest BCUT2D eigenvalue weighted by Gasteiger charge is 2.13. The number of nitrogens with one attached hydrogen (secondary N) is 1. The molecule has 5 nitrogen and oxygen atoms in total. The zero-order chi connectivity index (χ0) is 13.8. The number of aromatic nitrogens is 1. The van der Waals surface area contributed by atoms with E-state index >= 15 is 0 Å². The monoisotopic (exact) mass is 341 g/mol. The third-order valence-corrected chi connectivity index (χ3v) is 3.85. The Bertz CT molecular complexity index is 600. The summed E-state index contributed by atoms with van der Waals surface area (Å²) in [5.41, 5.74) is 1.75. The molecule has 0 aliphatic carbocycles. The van der Waals surface area contributed by atoms with Crippen molar-refractivity contribution in [2.24, 2.45) is 0 Å². The lowest BCUT2D eigenvalue weighted by Crippen LogP contribution is -2.14. The summed E-state index contributed by atoms with van der Waals surface area (Å²) in [5.74, 6) is 0. The zero-order valence-electron chi connectivity index (χ0n) is 10.2. The van der Waals surface area contributed by atoms with Crippen LogP contribution < -0.4 is 5.32 Å². The largest absolute Gasteiger partial charge is 0.307 e. The van der Waals surface area contributed by atoms with E-state index in [4.69, 9.17) is 0 Å². The summed E-state index contributed by atoms with van der Waals surface area (Å²) in [6.45, 7) is 3.01. The van der Waals surface area contributed by atoms with E-state index in [1.807, 2.05) is 12.3 Å². The molecule has 2 aromatic rings. The standard InChI is InChI=1S/C12H12BrN3O2S/c1-8-15-11(7-19-8)6-14-5-9-2-3-10(13)4-12(9)16(17)18/h2-4,7,14H,5-6H2,1H3. The average Bonchev–Trinajstić information content (AvgIpc) is 2.77. The Morgan fingerprint density at radius 2 is 2.26 bits per heavy atom. The van der Waals surface area contributed by atoms with Gasteiger partial charge < -0.3 is 5.32 Å². The van der Waals surface area contributed by atoms with E-state index in [0.29, 0.717) is 23.1 Å². The van der Waals surface area contributed by atoms with Crippen molar-refractivity contribution in [3.8, 4) is 0 Å². The van der Waals surface area contributed by atoms with Gasteiger partial charge in [-0.05, 0) is 19.1 Å². The third kappa shape index (κ3) is 3.82. The SMILES string of the molecule is Cc1nc(CNCc2ccc(Br)cc2[N+](=O)[O-])cs1. The van der Waals surface area contributed by atoms with Gasteiger partial charge in [-0.3, -0.25) is 10.1 Å². The molecule has 1 N–H and O–H groups in total. The van der Waals surface area contributed by atoms with Crippen molar-refractivity contribution in [2.75, 3.05) is 0 Å². The summed E-state index contributed by atoms with van der Waals surface area (Å²) >= 11 is 4.83. The van der Waals surface area contributed by atoms with E-state index in [9.17, 15) is 10.1 Å². The Hall–Kier alpha value is -1.31. The summed E-state index contributed by atoms with van der Waals surface area (Å²) in [7, 11) is 0. The lowest BCUT2D eigenvalue weighted by atomic mass is 10.2. The van der Waals surface area contributed by atoms with Crippen molar-refractivity contribution in [3.05, 3.63) is 54.4 Å². The van der Waals surface area contributed by atoms with Gasteiger partial charge in [0, 0.05) is 34.6 Å². The van der Waals surface area contributed by atoms with Crippen LogP contribution in [-0.4, -0.2) is 9.91 Å². The molecule has 0 atom stereocenters. The van der Waals surface area contributed by atoms with Crippen LogP contribution in [0.3, 0.4) is 0 Å². The fourth-order valence-corrected chi connectivity index (χ4v) is 2.63. The molecule has 0 fully saturated rings. The van der Waals surface area contributed by atoms with E-state index in [-0.39, 0.29) is 10.6 Å². The quantitative estimate of drug-likeness (QED) is 0.668. The first-order valence-corrected chi connectivity index (χ1v) is 7.28. The number of aryl methyl sites for hydroxylation is 1. The second kappa shape index (κ2) is 6.23. The molecule has 0 unspecified atom stereocenters. The normalized spacial score (nSPS) is 10.6. The van der Waals surface area contributed by atoms with E-state index < -0.39 is 0 Å². The minimum absolute atomic E-state index is 0.122. The van der Waals surface area contributed by atoms with Gasteiger partial charge in [0.05, 0.1) is 15.6 Å². The third-order valence-electron chi connectivity index (χ3n) is 2.53. The molecule has 2 rings (SSSR count). The Labute approximate surface area is 123 Å². The predicted octanol–water partition coefficient (Wildman–Crippen LogP) is 3.41. The molecular formula is C12H12BrN3O2S. The number of hydrogen-bond acceptors (Lipinski definition) is 5. The van der Waals surface area contributed by atoms with Crippen molar-refractivity contribution in [1.29, 1.82) is 0 Å².